The van der Waals surface area contributed by atoms with Gasteiger partial charge in [-0.25, -0.2) is 4.79 Å². The summed E-state index contributed by atoms with van der Waals surface area (Å²) >= 11 is 0. The summed E-state index contributed by atoms with van der Waals surface area (Å²) in [6.07, 6.45) is 0. The molecule has 1 N–H and O–H groups in total. The quantitative estimate of drug-likeness (QED) is 0.847. The number of fused-ring (bicyclic) bond motifs is 1. The average molecular weight is 222 g/mol. The molecule has 0 spiro atoms. The van der Waals surface area contributed by atoms with Crippen molar-refractivity contribution >= 4 is 16.7 Å². The number of hydrogen-bond donors (Lipinski definition) is 1. The molecule has 0 aliphatic rings. The van der Waals surface area contributed by atoms with Gasteiger partial charge in [0.1, 0.15) is 0 Å². The first kappa shape index (κ1) is 10.5. The van der Waals surface area contributed by atoms with Crippen LogP contribution in [0.4, 0.5) is 8.78 Å². The smallest absolute Gasteiger partial charge is 0.379 e. The van der Waals surface area contributed by atoms with Gasteiger partial charge in [0.25, 0.3) is 0 Å². The van der Waals surface area contributed by atoms with Crippen LogP contribution in [0.1, 0.15) is 5.56 Å². The predicted octanol–water partition coefficient (Wildman–Crippen LogP) is 3.02. The van der Waals surface area contributed by atoms with Crippen LogP contribution in [-0.4, -0.2) is 11.1 Å². The zero-order chi connectivity index (χ0) is 11.8. The Kier molecular flexibility index (Phi) is 2.34. The van der Waals surface area contributed by atoms with Crippen molar-refractivity contribution in [2.75, 3.05) is 0 Å². The largest absolute Gasteiger partial charge is 0.477 e. The predicted molar refractivity (Wildman–Crippen MR) is 55.5 cm³/mol. The molecule has 0 saturated heterocycles. The Morgan fingerprint density at radius 1 is 1.06 bits per heavy atom. The summed E-state index contributed by atoms with van der Waals surface area (Å²) in [5, 5.41) is 9.36. The summed E-state index contributed by atoms with van der Waals surface area (Å²) in [4.78, 5) is 10.5. The van der Waals surface area contributed by atoms with E-state index in [1.807, 2.05) is 0 Å². The zero-order valence-corrected chi connectivity index (χ0v) is 8.15. The van der Waals surface area contributed by atoms with Crippen molar-refractivity contribution in [1.29, 1.82) is 0 Å². The maximum Gasteiger partial charge on any atom is 0.379 e. The summed E-state index contributed by atoms with van der Waals surface area (Å²) in [5.41, 5.74) is -0.474. The Hall–Kier alpha value is -1.97. The molecule has 82 valence electrons. The number of carboxylic acids is 1. The van der Waals surface area contributed by atoms with Gasteiger partial charge in [0.2, 0.25) is 0 Å². The summed E-state index contributed by atoms with van der Waals surface area (Å²) < 4.78 is 26.8. The van der Waals surface area contributed by atoms with Crippen molar-refractivity contribution in [2.24, 2.45) is 0 Å². The zero-order valence-electron chi connectivity index (χ0n) is 8.15. The molecule has 0 atom stereocenters. The SMILES string of the molecule is O=C(O)C(F)(F)c1cccc2ccccc12. The molecule has 4 heteroatoms. The van der Waals surface area contributed by atoms with Crippen LogP contribution in [0.2, 0.25) is 0 Å². The van der Waals surface area contributed by atoms with E-state index in [0.717, 1.165) is 6.07 Å². The van der Waals surface area contributed by atoms with Crippen molar-refractivity contribution < 1.29 is 18.7 Å². The fourth-order valence-corrected chi connectivity index (χ4v) is 1.61. The molecule has 0 saturated carbocycles. The van der Waals surface area contributed by atoms with Gasteiger partial charge in [-0.1, -0.05) is 42.5 Å². The lowest BCUT2D eigenvalue weighted by atomic mass is 10.00. The number of carbonyl (C=O) groups is 1. The number of hydrogen-bond acceptors (Lipinski definition) is 1. The molecule has 0 amide bonds. The highest BCUT2D eigenvalue weighted by molar-refractivity contribution is 5.91. The lowest BCUT2D eigenvalue weighted by Crippen LogP contribution is -2.25. The fraction of sp³-hybridized carbons (Fsp3) is 0.0833. The fourth-order valence-electron chi connectivity index (χ4n) is 1.61. The summed E-state index contributed by atoms with van der Waals surface area (Å²) in [6.45, 7) is 0. The standard InChI is InChI=1S/C12H8F2O2/c13-12(14,11(15)16)10-7-3-5-8-4-1-2-6-9(8)10/h1-7H,(H,15,16). The number of carboxylic acid groups (broad SMARTS) is 1. The molecule has 2 aromatic carbocycles. The van der Waals surface area contributed by atoms with Crippen LogP contribution < -0.4 is 0 Å². The van der Waals surface area contributed by atoms with Crippen LogP contribution in [0.5, 0.6) is 0 Å². The van der Waals surface area contributed by atoms with E-state index < -0.39 is 17.5 Å². The molecule has 2 nitrogen and oxygen atoms in total. The highest BCUT2D eigenvalue weighted by atomic mass is 19.3. The Morgan fingerprint density at radius 3 is 2.38 bits per heavy atom. The molecule has 0 bridgehead atoms. The van der Waals surface area contributed by atoms with E-state index in [2.05, 4.69) is 0 Å². The summed E-state index contributed by atoms with van der Waals surface area (Å²) in [7, 11) is 0. The van der Waals surface area contributed by atoms with Gasteiger partial charge in [-0.15, -0.1) is 0 Å². The van der Waals surface area contributed by atoms with Gasteiger partial charge in [-0.3, -0.25) is 0 Å². The third-order valence-electron chi connectivity index (χ3n) is 2.40. The first-order valence-electron chi connectivity index (χ1n) is 4.63. The minimum absolute atomic E-state index is 0.261. The van der Waals surface area contributed by atoms with Crippen molar-refractivity contribution in [2.45, 2.75) is 5.92 Å². The molecule has 0 heterocycles. The Bertz CT molecular complexity index is 544. The molecule has 0 aliphatic carbocycles. The Labute approximate surface area is 90.1 Å². The lowest BCUT2D eigenvalue weighted by molar-refractivity contribution is -0.166. The molecular formula is C12H8F2O2. The third kappa shape index (κ3) is 1.52. The molecular weight excluding hydrogens is 214 g/mol. The number of aliphatic carboxylic acids is 1. The first-order valence-corrected chi connectivity index (χ1v) is 4.63. The normalized spacial score (nSPS) is 11.6. The Balaban J connectivity index is 2.74. The molecule has 0 aromatic heterocycles. The molecule has 16 heavy (non-hydrogen) atoms. The van der Waals surface area contributed by atoms with E-state index in [1.165, 1.54) is 12.1 Å². The van der Waals surface area contributed by atoms with Crippen molar-refractivity contribution in [3.8, 4) is 0 Å². The summed E-state index contributed by atoms with van der Waals surface area (Å²) in [5.74, 6) is -6.00. The molecule has 0 aliphatic heterocycles. The molecule has 2 rings (SSSR count). The number of alkyl halides is 2. The monoisotopic (exact) mass is 222 g/mol. The van der Waals surface area contributed by atoms with E-state index in [4.69, 9.17) is 5.11 Å². The summed E-state index contributed by atoms with van der Waals surface area (Å²) in [6, 6.07) is 10.7. The highest BCUT2D eigenvalue weighted by Gasteiger charge is 2.42. The van der Waals surface area contributed by atoms with Gasteiger partial charge in [0, 0.05) is 5.56 Å². The van der Waals surface area contributed by atoms with Gasteiger partial charge in [-0.2, -0.15) is 8.78 Å². The van der Waals surface area contributed by atoms with Crippen LogP contribution in [-0.2, 0) is 10.7 Å². The average Bonchev–Trinajstić information content (AvgIpc) is 2.28. The van der Waals surface area contributed by atoms with E-state index in [-0.39, 0.29) is 5.39 Å². The second-order valence-electron chi connectivity index (χ2n) is 3.41. The molecule has 0 radical (unpaired) electrons. The van der Waals surface area contributed by atoms with E-state index in [9.17, 15) is 13.6 Å². The van der Waals surface area contributed by atoms with Crippen LogP contribution in [0.3, 0.4) is 0 Å². The first-order chi connectivity index (χ1) is 7.53. The van der Waals surface area contributed by atoms with Crippen LogP contribution in [0, 0.1) is 0 Å². The molecule has 2 aromatic rings. The van der Waals surface area contributed by atoms with Crippen molar-refractivity contribution in [1.82, 2.24) is 0 Å². The van der Waals surface area contributed by atoms with Crippen LogP contribution in [0.15, 0.2) is 42.5 Å². The topological polar surface area (TPSA) is 37.3 Å². The Morgan fingerprint density at radius 2 is 1.69 bits per heavy atom. The second-order valence-corrected chi connectivity index (χ2v) is 3.41. The number of halogens is 2. The minimum atomic E-state index is -3.86. The van der Waals surface area contributed by atoms with Crippen molar-refractivity contribution in [3.63, 3.8) is 0 Å². The van der Waals surface area contributed by atoms with E-state index in [0.29, 0.717) is 5.39 Å². The maximum atomic E-state index is 13.4. The van der Waals surface area contributed by atoms with Gasteiger partial charge < -0.3 is 5.11 Å². The maximum absolute atomic E-state index is 13.4. The lowest BCUT2D eigenvalue weighted by Gasteiger charge is -2.13. The second kappa shape index (κ2) is 3.56. The highest BCUT2D eigenvalue weighted by Crippen LogP contribution is 2.33. The van der Waals surface area contributed by atoms with E-state index in [1.54, 1.807) is 24.3 Å². The van der Waals surface area contributed by atoms with Gasteiger partial charge in [-0.05, 0) is 10.8 Å². The van der Waals surface area contributed by atoms with Gasteiger partial charge in [0.15, 0.2) is 0 Å². The number of rotatable bonds is 2. The van der Waals surface area contributed by atoms with Gasteiger partial charge in [0.05, 0.1) is 0 Å². The third-order valence-corrected chi connectivity index (χ3v) is 2.40. The molecule has 0 fully saturated rings. The van der Waals surface area contributed by atoms with Crippen LogP contribution >= 0.6 is 0 Å². The molecule has 0 unspecified atom stereocenters. The van der Waals surface area contributed by atoms with Crippen LogP contribution in [0.25, 0.3) is 10.8 Å². The van der Waals surface area contributed by atoms with E-state index >= 15 is 0 Å². The van der Waals surface area contributed by atoms with Gasteiger partial charge >= 0.3 is 11.9 Å². The number of benzene rings is 2. The van der Waals surface area contributed by atoms with Crippen molar-refractivity contribution in [3.05, 3.63) is 48.0 Å². The minimum Gasteiger partial charge on any atom is -0.477 e.